The summed E-state index contributed by atoms with van der Waals surface area (Å²) < 4.78 is 37.1. The largest absolute Gasteiger partial charge is 0.389 e. The molecule has 0 aliphatic heterocycles. The first-order valence-electron chi connectivity index (χ1n) is 8.04. The SMILES string of the molecule is CCC1CCC(C2CCC(CC(F)(F)F)CC2)CC1. The molecule has 0 amide bonds. The van der Waals surface area contributed by atoms with Gasteiger partial charge in [-0.15, -0.1) is 0 Å². The van der Waals surface area contributed by atoms with E-state index in [0.29, 0.717) is 0 Å². The lowest BCUT2D eigenvalue weighted by Gasteiger charge is -2.37. The van der Waals surface area contributed by atoms with E-state index in [4.69, 9.17) is 0 Å². The first kappa shape index (κ1) is 15.2. The van der Waals surface area contributed by atoms with E-state index >= 15 is 0 Å². The Labute approximate surface area is 115 Å². The summed E-state index contributed by atoms with van der Waals surface area (Å²) in [6.45, 7) is 2.27. The fourth-order valence-electron chi connectivity index (χ4n) is 4.26. The van der Waals surface area contributed by atoms with Gasteiger partial charge in [-0.3, -0.25) is 0 Å². The molecule has 0 aromatic carbocycles. The summed E-state index contributed by atoms with van der Waals surface area (Å²) in [5, 5.41) is 0. The molecule has 3 heteroatoms. The van der Waals surface area contributed by atoms with Gasteiger partial charge in [0.25, 0.3) is 0 Å². The number of alkyl halides is 3. The highest BCUT2D eigenvalue weighted by Crippen LogP contribution is 2.43. The summed E-state index contributed by atoms with van der Waals surface area (Å²) in [4.78, 5) is 0. The predicted octanol–water partition coefficient (Wildman–Crippen LogP) is 5.96. The average molecular weight is 276 g/mol. The van der Waals surface area contributed by atoms with Gasteiger partial charge in [-0.2, -0.15) is 13.2 Å². The Balaban J connectivity index is 1.72. The van der Waals surface area contributed by atoms with Crippen molar-refractivity contribution >= 4 is 0 Å². The van der Waals surface area contributed by atoms with E-state index in [9.17, 15) is 13.2 Å². The van der Waals surface area contributed by atoms with Crippen LogP contribution in [-0.4, -0.2) is 6.18 Å². The lowest BCUT2D eigenvalue weighted by atomic mass is 9.68. The van der Waals surface area contributed by atoms with Gasteiger partial charge in [0.05, 0.1) is 0 Å². The zero-order valence-electron chi connectivity index (χ0n) is 12.0. The Hall–Kier alpha value is -0.210. The average Bonchev–Trinajstić information content (AvgIpc) is 2.38. The van der Waals surface area contributed by atoms with Crippen LogP contribution < -0.4 is 0 Å². The van der Waals surface area contributed by atoms with Gasteiger partial charge in [-0.1, -0.05) is 26.2 Å². The summed E-state index contributed by atoms with van der Waals surface area (Å²) >= 11 is 0. The van der Waals surface area contributed by atoms with Crippen molar-refractivity contribution in [2.45, 2.75) is 77.3 Å². The van der Waals surface area contributed by atoms with Gasteiger partial charge in [-0.25, -0.2) is 0 Å². The molecule has 0 atom stereocenters. The Kier molecular flexibility index (Phi) is 5.19. The monoisotopic (exact) mass is 276 g/mol. The second-order valence-electron chi connectivity index (χ2n) is 6.79. The number of halogens is 3. The van der Waals surface area contributed by atoms with Crippen molar-refractivity contribution < 1.29 is 13.2 Å². The van der Waals surface area contributed by atoms with Crippen molar-refractivity contribution in [1.29, 1.82) is 0 Å². The first-order chi connectivity index (χ1) is 8.98. The molecule has 0 bridgehead atoms. The van der Waals surface area contributed by atoms with Crippen molar-refractivity contribution in [2.24, 2.45) is 23.7 Å². The predicted molar refractivity (Wildman–Crippen MR) is 71.9 cm³/mol. The zero-order valence-corrected chi connectivity index (χ0v) is 12.0. The third kappa shape index (κ3) is 4.68. The maximum absolute atomic E-state index is 12.4. The minimum Gasteiger partial charge on any atom is -0.171 e. The number of hydrogen-bond acceptors (Lipinski definition) is 0. The van der Waals surface area contributed by atoms with Gasteiger partial charge in [0, 0.05) is 6.42 Å². The molecule has 0 heterocycles. The van der Waals surface area contributed by atoms with Gasteiger partial charge in [0.1, 0.15) is 0 Å². The summed E-state index contributed by atoms with van der Waals surface area (Å²) in [6, 6.07) is 0. The van der Waals surface area contributed by atoms with Crippen LogP contribution in [0, 0.1) is 23.7 Å². The molecule has 2 saturated carbocycles. The highest BCUT2D eigenvalue weighted by atomic mass is 19.4. The second-order valence-corrected chi connectivity index (χ2v) is 6.79. The van der Waals surface area contributed by atoms with E-state index in [-0.39, 0.29) is 5.92 Å². The molecule has 112 valence electrons. The minimum absolute atomic E-state index is 0.0942. The van der Waals surface area contributed by atoms with Crippen LogP contribution in [0.1, 0.15) is 71.1 Å². The van der Waals surface area contributed by atoms with Crippen molar-refractivity contribution in [1.82, 2.24) is 0 Å². The smallest absolute Gasteiger partial charge is 0.171 e. The number of rotatable bonds is 3. The summed E-state index contributed by atoms with van der Waals surface area (Å²) in [5.74, 6) is 2.36. The van der Waals surface area contributed by atoms with Gasteiger partial charge >= 0.3 is 6.18 Å². The van der Waals surface area contributed by atoms with E-state index in [2.05, 4.69) is 6.92 Å². The highest BCUT2D eigenvalue weighted by molar-refractivity contribution is 4.82. The van der Waals surface area contributed by atoms with Crippen molar-refractivity contribution in [2.75, 3.05) is 0 Å². The van der Waals surface area contributed by atoms with E-state index < -0.39 is 12.6 Å². The molecule has 0 N–H and O–H groups in total. The Bertz CT molecular complexity index is 256. The molecule has 0 radical (unpaired) electrons. The maximum Gasteiger partial charge on any atom is 0.389 e. The normalized spacial score (nSPS) is 37.3. The molecule has 2 aliphatic carbocycles. The molecular weight excluding hydrogens is 249 g/mol. The summed E-state index contributed by atoms with van der Waals surface area (Å²) in [6.07, 6.45) is 5.83. The molecule has 0 unspecified atom stereocenters. The Morgan fingerprint density at radius 2 is 1.16 bits per heavy atom. The molecule has 19 heavy (non-hydrogen) atoms. The Morgan fingerprint density at radius 1 is 0.737 bits per heavy atom. The fourth-order valence-corrected chi connectivity index (χ4v) is 4.26. The minimum atomic E-state index is -3.96. The van der Waals surface area contributed by atoms with Crippen LogP contribution in [0.25, 0.3) is 0 Å². The number of hydrogen-bond donors (Lipinski definition) is 0. The van der Waals surface area contributed by atoms with Crippen LogP contribution in [-0.2, 0) is 0 Å². The fraction of sp³-hybridized carbons (Fsp3) is 1.00. The van der Waals surface area contributed by atoms with Crippen LogP contribution in [0.15, 0.2) is 0 Å². The lowest BCUT2D eigenvalue weighted by molar-refractivity contribution is -0.147. The van der Waals surface area contributed by atoms with Crippen LogP contribution in [0.2, 0.25) is 0 Å². The lowest BCUT2D eigenvalue weighted by Crippen LogP contribution is -2.27. The van der Waals surface area contributed by atoms with E-state index in [1.165, 1.54) is 32.1 Å². The molecule has 0 aromatic rings. The topological polar surface area (TPSA) is 0 Å². The molecule has 2 rings (SSSR count). The molecule has 2 aliphatic rings. The Morgan fingerprint density at radius 3 is 1.53 bits per heavy atom. The van der Waals surface area contributed by atoms with Crippen molar-refractivity contribution in [3.8, 4) is 0 Å². The quantitative estimate of drug-likeness (QED) is 0.596. The van der Waals surface area contributed by atoms with Gasteiger partial charge < -0.3 is 0 Å². The van der Waals surface area contributed by atoms with Gasteiger partial charge in [-0.05, 0) is 62.2 Å². The molecule has 0 saturated heterocycles. The van der Waals surface area contributed by atoms with Crippen molar-refractivity contribution in [3.05, 3.63) is 0 Å². The molecule has 0 spiro atoms. The second kappa shape index (κ2) is 6.49. The van der Waals surface area contributed by atoms with Gasteiger partial charge in [0.15, 0.2) is 0 Å². The van der Waals surface area contributed by atoms with E-state index in [1.807, 2.05) is 0 Å². The molecular formula is C16H27F3. The molecule has 0 nitrogen and oxygen atoms in total. The van der Waals surface area contributed by atoms with Crippen molar-refractivity contribution in [3.63, 3.8) is 0 Å². The molecule has 0 aromatic heterocycles. The van der Waals surface area contributed by atoms with Crippen LogP contribution in [0.5, 0.6) is 0 Å². The van der Waals surface area contributed by atoms with Crippen LogP contribution >= 0.6 is 0 Å². The zero-order chi connectivity index (χ0) is 13.9. The first-order valence-corrected chi connectivity index (χ1v) is 8.04. The van der Waals surface area contributed by atoms with Crippen LogP contribution in [0.3, 0.4) is 0 Å². The van der Waals surface area contributed by atoms with E-state index in [1.54, 1.807) is 0 Å². The third-order valence-corrected chi connectivity index (χ3v) is 5.55. The summed E-state index contributed by atoms with van der Waals surface area (Å²) in [7, 11) is 0. The van der Waals surface area contributed by atoms with Crippen LogP contribution in [0.4, 0.5) is 13.2 Å². The third-order valence-electron chi connectivity index (χ3n) is 5.55. The maximum atomic E-state index is 12.4. The standard InChI is InChI=1S/C16H27F3/c1-2-12-3-7-14(8-4-12)15-9-5-13(6-10-15)11-16(17,18)19/h12-15H,2-11H2,1H3. The highest BCUT2D eigenvalue weighted by Gasteiger charge is 2.36. The molecule has 2 fully saturated rings. The van der Waals surface area contributed by atoms with E-state index in [0.717, 1.165) is 43.4 Å². The van der Waals surface area contributed by atoms with Gasteiger partial charge in [0.2, 0.25) is 0 Å². The summed E-state index contributed by atoms with van der Waals surface area (Å²) in [5.41, 5.74) is 0.